The Morgan fingerprint density at radius 1 is 1.53 bits per heavy atom. The number of rotatable bonds is 2. The minimum absolute atomic E-state index is 0.248. The lowest BCUT2D eigenvalue weighted by atomic mass is 10.1. The molecule has 2 heterocycles. The van der Waals surface area contributed by atoms with Gasteiger partial charge in [-0.05, 0) is 33.0 Å². The van der Waals surface area contributed by atoms with E-state index in [0.717, 1.165) is 10.8 Å². The molecule has 0 unspecified atom stereocenters. The molecule has 0 saturated heterocycles. The van der Waals surface area contributed by atoms with Crippen LogP contribution in [0, 0.1) is 11.7 Å². The Balaban J connectivity index is 2.60. The largest absolute Gasteiger partial charge is 0.292 e. The summed E-state index contributed by atoms with van der Waals surface area (Å²) < 4.78 is 2.62. The maximum atomic E-state index is 5.22. The first kappa shape index (κ1) is 10.5. The summed E-state index contributed by atoms with van der Waals surface area (Å²) in [4.78, 5) is 4.34. The van der Waals surface area contributed by atoms with Crippen molar-refractivity contribution in [1.82, 2.24) is 19.7 Å². The fourth-order valence-electron chi connectivity index (χ4n) is 1.66. The molecule has 0 bridgehead atoms. The van der Waals surface area contributed by atoms with Crippen LogP contribution < -0.4 is 0 Å². The van der Waals surface area contributed by atoms with Gasteiger partial charge in [-0.3, -0.25) is 9.67 Å². The SMILES string of the molecule is Cc1n[nH]c(=S)n1C(C)(C)c1nccs1. The van der Waals surface area contributed by atoms with Crippen LogP contribution in [0.1, 0.15) is 24.7 Å². The molecule has 0 aliphatic rings. The Kier molecular flexibility index (Phi) is 2.47. The zero-order valence-corrected chi connectivity index (χ0v) is 10.4. The van der Waals surface area contributed by atoms with Crippen molar-refractivity contribution in [3.05, 3.63) is 27.2 Å². The van der Waals surface area contributed by atoms with Gasteiger partial charge in [0.15, 0.2) is 4.77 Å². The topological polar surface area (TPSA) is 46.5 Å². The lowest BCUT2D eigenvalue weighted by molar-refractivity contribution is 0.418. The Hall–Kier alpha value is -1.01. The van der Waals surface area contributed by atoms with Crippen LogP contribution in [0.3, 0.4) is 0 Å². The summed E-state index contributed by atoms with van der Waals surface area (Å²) in [7, 11) is 0. The highest BCUT2D eigenvalue weighted by atomic mass is 32.1. The van der Waals surface area contributed by atoms with Crippen LogP contribution in [0.5, 0.6) is 0 Å². The zero-order valence-electron chi connectivity index (χ0n) is 8.81. The van der Waals surface area contributed by atoms with Gasteiger partial charge in [0, 0.05) is 11.6 Å². The number of aromatic amines is 1. The third kappa shape index (κ3) is 1.63. The van der Waals surface area contributed by atoms with Gasteiger partial charge in [0.05, 0.1) is 5.54 Å². The van der Waals surface area contributed by atoms with E-state index in [4.69, 9.17) is 12.2 Å². The molecule has 0 spiro atoms. The molecule has 2 rings (SSSR count). The number of aromatic nitrogens is 4. The van der Waals surface area contributed by atoms with Gasteiger partial charge < -0.3 is 0 Å². The van der Waals surface area contributed by atoms with Crippen molar-refractivity contribution in [1.29, 1.82) is 0 Å². The van der Waals surface area contributed by atoms with Crippen molar-refractivity contribution in [2.24, 2.45) is 0 Å². The van der Waals surface area contributed by atoms with Crippen LogP contribution in [0.4, 0.5) is 0 Å². The number of hydrogen-bond donors (Lipinski definition) is 1. The molecule has 6 heteroatoms. The summed E-state index contributed by atoms with van der Waals surface area (Å²) in [6, 6.07) is 0. The molecular formula is C9H12N4S2. The highest BCUT2D eigenvalue weighted by Crippen LogP contribution is 2.28. The molecule has 0 fully saturated rings. The third-order valence-electron chi connectivity index (χ3n) is 2.35. The van der Waals surface area contributed by atoms with Gasteiger partial charge in [0.25, 0.3) is 0 Å². The van der Waals surface area contributed by atoms with Gasteiger partial charge in [0.2, 0.25) is 0 Å². The summed E-state index contributed by atoms with van der Waals surface area (Å²) in [6.07, 6.45) is 1.81. The minimum atomic E-state index is -0.248. The fraction of sp³-hybridized carbons (Fsp3) is 0.444. The molecule has 0 atom stereocenters. The molecule has 80 valence electrons. The molecule has 0 aliphatic heterocycles. The average molecular weight is 240 g/mol. The van der Waals surface area contributed by atoms with Gasteiger partial charge in [-0.25, -0.2) is 4.98 Å². The maximum absolute atomic E-state index is 5.22. The van der Waals surface area contributed by atoms with Crippen LogP contribution in [0.2, 0.25) is 0 Å². The van der Waals surface area contributed by atoms with Crippen LogP contribution >= 0.6 is 23.6 Å². The lowest BCUT2D eigenvalue weighted by Crippen LogP contribution is -2.28. The first-order valence-corrected chi connectivity index (χ1v) is 5.87. The Labute approximate surface area is 97.0 Å². The van der Waals surface area contributed by atoms with Gasteiger partial charge in [-0.15, -0.1) is 11.3 Å². The number of thiazole rings is 1. The van der Waals surface area contributed by atoms with Gasteiger partial charge in [-0.1, -0.05) is 0 Å². The Morgan fingerprint density at radius 3 is 2.73 bits per heavy atom. The van der Waals surface area contributed by atoms with E-state index in [2.05, 4.69) is 29.0 Å². The fourth-order valence-corrected chi connectivity index (χ4v) is 2.81. The van der Waals surface area contributed by atoms with E-state index < -0.39 is 0 Å². The van der Waals surface area contributed by atoms with E-state index in [1.165, 1.54) is 0 Å². The van der Waals surface area contributed by atoms with Crippen LogP contribution in [-0.4, -0.2) is 19.7 Å². The summed E-state index contributed by atoms with van der Waals surface area (Å²) in [6.45, 7) is 6.11. The second-order valence-electron chi connectivity index (χ2n) is 3.81. The highest BCUT2D eigenvalue weighted by molar-refractivity contribution is 7.71. The zero-order chi connectivity index (χ0) is 11.1. The van der Waals surface area contributed by atoms with Crippen LogP contribution in [-0.2, 0) is 5.54 Å². The molecule has 0 radical (unpaired) electrons. The molecule has 0 aromatic carbocycles. The second kappa shape index (κ2) is 3.53. The minimum Gasteiger partial charge on any atom is -0.292 e. The predicted octanol–water partition coefficient (Wildman–Crippen LogP) is 2.49. The number of hydrogen-bond acceptors (Lipinski definition) is 4. The maximum Gasteiger partial charge on any atom is 0.196 e. The molecule has 15 heavy (non-hydrogen) atoms. The van der Waals surface area contributed by atoms with Crippen LogP contribution in [0.25, 0.3) is 0 Å². The third-order valence-corrected chi connectivity index (χ3v) is 3.71. The molecule has 2 aromatic heterocycles. The molecule has 4 nitrogen and oxygen atoms in total. The highest BCUT2D eigenvalue weighted by Gasteiger charge is 2.28. The second-order valence-corrected chi connectivity index (χ2v) is 5.09. The number of H-pyrrole nitrogens is 1. The number of nitrogens with zero attached hydrogens (tertiary/aromatic N) is 3. The summed E-state index contributed by atoms with van der Waals surface area (Å²) in [5, 5.41) is 9.91. The van der Waals surface area contributed by atoms with E-state index in [1.54, 1.807) is 17.5 Å². The molecule has 1 N–H and O–H groups in total. The van der Waals surface area contributed by atoms with E-state index in [-0.39, 0.29) is 5.54 Å². The Bertz CT molecular complexity index is 506. The van der Waals surface area contributed by atoms with Crippen molar-refractivity contribution in [3.8, 4) is 0 Å². The smallest absolute Gasteiger partial charge is 0.196 e. The summed E-state index contributed by atoms with van der Waals surface area (Å²) in [5.41, 5.74) is -0.248. The summed E-state index contributed by atoms with van der Waals surface area (Å²) in [5.74, 6) is 0.875. The average Bonchev–Trinajstić information content (AvgIpc) is 2.75. The lowest BCUT2D eigenvalue weighted by Gasteiger charge is -2.24. The normalized spacial score (nSPS) is 11.9. The monoisotopic (exact) mass is 240 g/mol. The van der Waals surface area contributed by atoms with E-state index in [0.29, 0.717) is 4.77 Å². The number of aryl methyl sites for hydroxylation is 1. The van der Waals surface area contributed by atoms with Crippen molar-refractivity contribution in [2.75, 3.05) is 0 Å². The van der Waals surface area contributed by atoms with Gasteiger partial charge in [0.1, 0.15) is 10.8 Å². The van der Waals surface area contributed by atoms with Gasteiger partial charge in [-0.2, -0.15) is 5.10 Å². The van der Waals surface area contributed by atoms with Crippen molar-refractivity contribution < 1.29 is 0 Å². The first-order chi connectivity index (χ1) is 7.03. The predicted molar refractivity (Wildman–Crippen MR) is 62.7 cm³/mol. The molecule has 0 aliphatic carbocycles. The molecule has 2 aromatic rings. The van der Waals surface area contributed by atoms with E-state index >= 15 is 0 Å². The summed E-state index contributed by atoms with van der Waals surface area (Å²) >= 11 is 6.84. The standard InChI is InChI=1S/C9H12N4S2/c1-6-11-12-8(14)13(6)9(2,3)7-10-4-5-15-7/h4-5H,1-3H3,(H,12,14). The quantitative estimate of drug-likeness (QED) is 0.820. The van der Waals surface area contributed by atoms with E-state index in [1.807, 2.05) is 16.9 Å². The molecule has 0 amide bonds. The molecule has 0 saturated carbocycles. The van der Waals surface area contributed by atoms with Crippen molar-refractivity contribution >= 4 is 23.6 Å². The van der Waals surface area contributed by atoms with E-state index in [9.17, 15) is 0 Å². The van der Waals surface area contributed by atoms with Crippen molar-refractivity contribution in [3.63, 3.8) is 0 Å². The van der Waals surface area contributed by atoms with Crippen LogP contribution in [0.15, 0.2) is 11.6 Å². The Morgan fingerprint density at radius 2 is 2.27 bits per heavy atom. The van der Waals surface area contributed by atoms with Crippen molar-refractivity contribution in [2.45, 2.75) is 26.3 Å². The van der Waals surface area contributed by atoms with Gasteiger partial charge >= 0.3 is 0 Å². The number of nitrogens with one attached hydrogen (secondary N) is 1. The first-order valence-electron chi connectivity index (χ1n) is 4.58. The molecular weight excluding hydrogens is 228 g/mol.